The van der Waals surface area contributed by atoms with Crippen LogP contribution in [0.5, 0.6) is 5.75 Å². The number of hydrogen-bond donors (Lipinski definition) is 3. The third-order valence-electron chi connectivity index (χ3n) is 2.56. The van der Waals surface area contributed by atoms with Crippen LogP contribution in [0.4, 0.5) is 4.39 Å². The number of hydrogen-bond acceptors (Lipinski definition) is 4. The number of rotatable bonds is 5. The molecule has 0 saturated carbocycles. The van der Waals surface area contributed by atoms with Gasteiger partial charge in [-0.25, -0.2) is 10.2 Å². The second-order valence-corrected chi connectivity index (χ2v) is 4.62. The average Bonchev–Trinajstić information content (AvgIpc) is 2.34. The molecule has 104 valence electrons. The van der Waals surface area contributed by atoms with Crippen molar-refractivity contribution in [3.8, 4) is 5.75 Å². The van der Waals surface area contributed by atoms with Crippen molar-refractivity contribution < 1.29 is 18.7 Å². The van der Waals surface area contributed by atoms with E-state index in [9.17, 15) is 14.0 Å². The molecule has 0 atom stereocenters. The largest absolute Gasteiger partial charge is 0.492 e. The van der Waals surface area contributed by atoms with Gasteiger partial charge in [0.25, 0.3) is 5.91 Å². The van der Waals surface area contributed by atoms with Gasteiger partial charge in [-0.15, -0.1) is 0 Å². The molecule has 0 bridgehead atoms. The molecule has 0 heterocycles. The summed E-state index contributed by atoms with van der Waals surface area (Å²) in [5.41, 5.74) is 5.81. The normalized spacial score (nSPS) is 10.9. The van der Waals surface area contributed by atoms with E-state index in [1.54, 1.807) is 13.8 Å². The van der Waals surface area contributed by atoms with E-state index in [1.165, 1.54) is 12.1 Å². The number of benzene rings is 1. The minimum Gasteiger partial charge on any atom is -0.492 e. The van der Waals surface area contributed by atoms with Crippen molar-refractivity contribution in [2.24, 2.45) is 17.0 Å². The van der Waals surface area contributed by atoms with Crippen molar-refractivity contribution in [3.05, 3.63) is 29.6 Å². The number of nitrogens with one attached hydrogen (secondary N) is 1. The Kier molecular flexibility index (Phi) is 4.44. The summed E-state index contributed by atoms with van der Waals surface area (Å²) in [7, 11) is 0. The summed E-state index contributed by atoms with van der Waals surface area (Å²) >= 11 is 0. The van der Waals surface area contributed by atoms with Gasteiger partial charge in [0.15, 0.2) is 0 Å². The Morgan fingerprint density at radius 2 is 2.05 bits per heavy atom. The molecule has 0 fully saturated rings. The van der Waals surface area contributed by atoms with E-state index in [0.29, 0.717) is 0 Å². The van der Waals surface area contributed by atoms with Gasteiger partial charge >= 0.3 is 0 Å². The molecule has 0 aliphatic carbocycles. The number of carbonyl (C=O) groups is 2. The fraction of sp³-hybridized carbons (Fsp3) is 0.333. The monoisotopic (exact) mass is 269 g/mol. The van der Waals surface area contributed by atoms with Gasteiger partial charge in [-0.3, -0.25) is 15.0 Å². The van der Waals surface area contributed by atoms with Crippen LogP contribution in [-0.2, 0) is 4.79 Å². The summed E-state index contributed by atoms with van der Waals surface area (Å²) in [6, 6.07) is 3.89. The first-order valence-corrected chi connectivity index (χ1v) is 5.51. The third kappa shape index (κ3) is 3.41. The highest BCUT2D eigenvalue weighted by atomic mass is 19.1. The van der Waals surface area contributed by atoms with Gasteiger partial charge in [-0.1, -0.05) is 6.07 Å². The molecular formula is C12H16FN3O3. The van der Waals surface area contributed by atoms with Crippen molar-refractivity contribution in [1.29, 1.82) is 0 Å². The zero-order valence-electron chi connectivity index (χ0n) is 10.7. The van der Waals surface area contributed by atoms with Gasteiger partial charge in [0.1, 0.15) is 23.7 Å². The molecule has 0 unspecified atom stereocenters. The summed E-state index contributed by atoms with van der Waals surface area (Å²) < 4.78 is 18.8. The molecular weight excluding hydrogens is 253 g/mol. The highest BCUT2D eigenvalue weighted by Crippen LogP contribution is 2.24. The second-order valence-electron chi connectivity index (χ2n) is 4.62. The average molecular weight is 269 g/mol. The molecule has 7 heteroatoms. The van der Waals surface area contributed by atoms with Crippen molar-refractivity contribution in [3.63, 3.8) is 0 Å². The van der Waals surface area contributed by atoms with Crippen LogP contribution in [0.25, 0.3) is 0 Å². The lowest BCUT2D eigenvalue weighted by Gasteiger charge is -2.23. The fourth-order valence-electron chi connectivity index (χ4n) is 1.38. The minimum absolute atomic E-state index is 0.00889. The molecule has 1 aromatic carbocycles. The van der Waals surface area contributed by atoms with Gasteiger partial charge < -0.3 is 10.5 Å². The lowest BCUT2D eigenvalue weighted by atomic mass is 9.94. The molecule has 1 aromatic rings. The maximum absolute atomic E-state index is 13.5. The first-order chi connectivity index (χ1) is 8.79. The van der Waals surface area contributed by atoms with Crippen LogP contribution >= 0.6 is 0 Å². The van der Waals surface area contributed by atoms with Crippen molar-refractivity contribution in [1.82, 2.24) is 5.43 Å². The second kappa shape index (κ2) is 5.66. The number of hydrazine groups is 1. The van der Waals surface area contributed by atoms with E-state index < -0.39 is 23.0 Å². The van der Waals surface area contributed by atoms with Crippen LogP contribution in [0.3, 0.4) is 0 Å². The zero-order chi connectivity index (χ0) is 14.6. The maximum Gasteiger partial charge on any atom is 0.255 e. The Morgan fingerprint density at radius 1 is 1.42 bits per heavy atom. The molecule has 0 aliphatic heterocycles. The first kappa shape index (κ1) is 14.9. The van der Waals surface area contributed by atoms with Gasteiger partial charge in [0.05, 0.1) is 5.41 Å². The molecule has 0 aromatic heterocycles. The van der Waals surface area contributed by atoms with E-state index in [0.717, 1.165) is 6.07 Å². The van der Waals surface area contributed by atoms with Gasteiger partial charge in [-0.05, 0) is 26.0 Å². The van der Waals surface area contributed by atoms with Crippen LogP contribution in [-0.4, -0.2) is 18.4 Å². The predicted octanol–water partition coefficient (Wildman–Crippen LogP) is 0.320. The zero-order valence-corrected chi connectivity index (χ0v) is 10.7. The summed E-state index contributed by atoms with van der Waals surface area (Å²) in [6.07, 6.45) is 0. The summed E-state index contributed by atoms with van der Waals surface area (Å²) in [4.78, 5) is 22.6. The van der Waals surface area contributed by atoms with Gasteiger partial charge in [-0.2, -0.15) is 0 Å². The van der Waals surface area contributed by atoms with E-state index in [2.05, 4.69) is 0 Å². The van der Waals surface area contributed by atoms with E-state index in [4.69, 9.17) is 16.3 Å². The molecule has 6 nitrogen and oxygen atoms in total. The quantitative estimate of drug-likeness (QED) is 0.406. The van der Waals surface area contributed by atoms with E-state index >= 15 is 0 Å². The Balaban J connectivity index is 2.93. The van der Waals surface area contributed by atoms with E-state index in [-0.39, 0.29) is 17.9 Å². The SMILES string of the molecule is CC(C)(COc1cccc(F)c1C(N)=O)C(=O)NN. The molecule has 5 N–H and O–H groups in total. The summed E-state index contributed by atoms with van der Waals surface area (Å²) in [5.74, 6) is 2.88. The topological polar surface area (TPSA) is 107 Å². The standard InChI is InChI=1S/C12H16FN3O3/c1-12(2,11(18)16-15)6-19-8-5-3-4-7(13)9(8)10(14)17/h3-5H,6,15H2,1-2H3,(H2,14,17)(H,16,18). The van der Waals surface area contributed by atoms with Crippen LogP contribution in [0.1, 0.15) is 24.2 Å². The van der Waals surface area contributed by atoms with Crippen LogP contribution < -0.4 is 21.7 Å². The highest BCUT2D eigenvalue weighted by molar-refractivity contribution is 5.95. The Morgan fingerprint density at radius 3 is 2.58 bits per heavy atom. The Hall–Kier alpha value is -2.15. The third-order valence-corrected chi connectivity index (χ3v) is 2.56. The lowest BCUT2D eigenvalue weighted by molar-refractivity contribution is -0.130. The Labute approximate surface area is 109 Å². The van der Waals surface area contributed by atoms with Crippen LogP contribution in [0.15, 0.2) is 18.2 Å². The molecule has 0 spiro atoms. The van der Waals surface area contributed by atoms with Gasteiger partial charge in [0.2, 0.25) is 5.91 Å². The number of primary amides is 1. The summed E-state index contributed by atoms with van der Waals surface area (Å²) in [6.45, 7) is 3.11. The molecule has 2 amide bonds. The molecule has 0 radical (unpaired) electrons. The van der Waals surface area contributed by atoms with Crippen molar-refractivity contribution in [2.45, 2.75) is 13.8 Å². The smallest absolute Gasteiger partial charge is 0.255 e. The van der Waals surface area contributed by atoms with Crippen LogP contribution in [0.2, 0.25) is 0 Å². The number of ether oxygens (including phenoxy) is 1. The van der Waals surface area contributed by atoms with Crippen molar-refractivity contribution >= 4 is 11.8 Å². The first-order valence-electron chi connectivity index (χ1n) is 5.51. The molecule has 0 aliphatic rings. The minimum atomic E-state index is -0.936. The number of carbonyl (C=O) groups excluding carboxylic acids is 2. The number of amides is 2. The lowest BCUT2D eigenvalue weighted by Crippen LogP contribution is -2.44. The highest BCUT2D eigenvalue weighted by Gasteiger charge is 2.29. The number of nitrogens with two attached hydrogens (primary N) is 2. The van der Waals surface area contributed by atoms with Gasteiger partial charge in [0, 0.05) is 0 Å². The fourth-order valence-corrected chi connectivity index (χ4v) is 1.38. The predicted molar refractivity (Wildman–Crippen MR) is 66.5 cm³/mol. The van der Waals surface area contributed by atoms with Crippen LogP contribution in [0, 0.1) is 11.2 Å². The Bertz CT molecular complexity index is 503. The molecule has 1 rings (SSSR count). The van der Waals surface area contributed by atoms with E-state index in [1.807, 2.05) is 5.43 Å². The number of halogens is 1. The molecule has 0 saturated heterocycles. The molecule has 19 heavy (non-hydrogen) atoms. The van der Waals surface area contributed by atoms with Crippen molar-refractivity contribution in [2.75, 3.05) is 6.61 Å². The summed E-state index contributed by atoms with van der Waals surface area (Å²) in [5, 5.41) is 0. The maximum atomic E-state index is 13.5.